The first-order valence-electron chi connectivity index (χ1n) is 9.25. The summed E-state index contributed by atoms with van der Waals surface area (Å²) in [5, 5.41) is 5.60. The lowest BCUT2D eigenvalue weighted by molar-refractivity contribution is 0.0909. The molecule has 1 heterocycles. The van der Waals surface area contributed by atoms with Gasteiger partial charge in [-0.3, -0.25) is 9.69 Å². The number of piperidine rings is 1. The van der Waals surface area contributed by atoms with E-state index in [0.29, 0.717) is 11.3 Å². The second kappa shape index (κ2) is 8.68. The molecule has 6 nitrogen and oxygen atoms in total. The number of aryl methyl sites for hydroxylation is 1. The average molecular weight is 366 g/mol. The first kappa shape index (κ1) is 18.9. The molecular formula is C21H26N4O2. The lowest BCUT2D eigenvalue weighted by Gasteiger charge is -2.32. The molecule has 1 aliphatic rings. The van der Waals surface area contributed by atoms with E-state index in [-0.39, 0.29) is 11.9 Å². The van der Waals surface area contributed by atoms with Crippen molar-refractivity contribution in [2.24, 2.45) is 5.73 Å². The van der Waals surface area contributed by atoms with Crippen molar-refractivity contribution in [3.8, 4) is 0 Å². The molecule has 0 bridgehead atoms. The molecule has 3 amide bonds. The van der Waals surface area contributed by atoms with Crippen LogP contribution in [0, 0.1) is 6.92 Å². The molecule has 6 heteroatoms. The minimum Gasteiger partial charge on any atom is -0.351 e. The zero-order valence-electron chi connectivity index (χ0n) is 15.6. The van der Waals surface area contributed by atoms with E-state index in [2.05, 4.69) is 46.7 Å². The van der Waals surface area contributed by atoms with Gasteiger partial charge in [-0.15, -0.1) is 0 Å². The fourth-order valence-corrected chi connectivity index (χ4v) is 3.38. The summed E-state index contributed by atoms with van der Waals surface area (Å²) in [5.74, 6) is -0.0852. The Balaban J connectivity index is 1.48. The number of rotatable bonds is 5. The van der Waals surface area contributed by atoms with E-state index in [1.165, 1.54) is 11.1 Å². The standard InChI is InChI=1S/C21H26N4O2/c1-15-4-2-3-5-17(15)14-25-12-10-19(11-13-25)23-20(26)16-6-8-18(9-7-16)24-21(22)27/h2-9,19H,10-14H2,1H3,(H,23,26)(H3,22,24,27). The van der Waals surface area contributed by atoms with Gasteiger partial charge < -0.3 is 16.4 Å². The number of nitrogens with one attached hydrogen (secondary N) is 2. The number of carbonyl (C=O) groups excluding carboxylic acids is 2. The second-order valence-electron chi connectivity index (χ2n) is 7.02. The number of nitrogens with two attached hydrogens (primary N) is 1. The van der Waals surface area contributed by atoms with E-state index in [1.807, 2.05) is 0 Å². The molecule has 0 aromatic heterocycles. The highest BCUT2D eigenvalue weighted by atomic mass is 16.2. The summed E-state index contributed by atoms with van der Waals surface area (Å²) in [4.78, 5) is 25.7. The summed E-state index contributed by atoms with van der Waals surface area (Å²) in [6, 6.07) is 14.8. The predicted molar refractivity (Wildman–Crippen MR) is 107 cm³/mol. The number of carbonyl (C=O) groups is 2. The minimum absolute atomic E-state index is 0.0852. The van der Waals surface area contributed by atoms with Crippen LogP contribution in [0.5, 0.6) is 0 Å². The molecule has 1 saturated heterocycles. The smallest absolute Gasteiger partial charge is 0.316 e. The molecule has 142 valence electrons. The van der Waals surface area contributed by atoms with E-state index >= 15 is 0 Å². The Hall–Kier alpha value is -2.86. The van der Waals surface area contributed by atoms with Gasteiger partial charge in [0.25, 0.3) is 5.91 Å². The summed E-state index contributed by atoms with van der Waals surface area (Å²) in [7, 11) is 0. The number of urea groups is 1. The Morgan fingerprint density at radius 3 is 2.37 bits per heavy atom. The van der Waals surface area contributed by atoms with Gasteiger partial charge in [-0.25, -0.2) is 4.79 Å². The van der Waals surface area contributed by atoms with Crippen LogP contribution < -0.4 is 16.4 Å². The number of benzene rings is 2. The molecule has 0 unspecified atom stereocenters. The van der Waals surface area contributed by atoms with E-state index in [9.17, 15) is 9.59 Å². The highest BCUT2D eigenvalue weighted by molar-refractivity contribution is 5.95. The van der Waals surface area contributed by atoms with Crippen LogP contribution in [0.1, 0.15) is 34.3 Å². The molecule has 0 aliphatic carbocycles. The topological polar surface area (TPSA) is 87.5 Å². The van der Waals surface area contributed by atoms with E-state index in [0.717, 1.165) is 32.5 Å². The fourth-order valence-electron chi connectivity index (χ4n) is 3.38. The Bertz CT molecular complexity index is 796. The molecule has 0 saturated carbocycles. The number of hydrogen-bond donors (Lipinski definition) is 3. The number of amides is 3. The van der Waals surface area contributed by atoms with Crippen LogP contribution in [-0.4, -0.2) is 36.0 Å². The van der Waals surface area contributed by atoms with Gasteiger partial charge in [0, 0.05) is 36.9 Å². The molecule has 3 rings (SSSR count). The maximum absolute atomic E-state index is 12.4. The Morgan fingerprint density at radius 1 is 1.07 bits per heavy atom. The Kier molecular flexibility index (Phi) is 6.08. The monoisotopic (exact) mass is 366 g/mol. The summed E-state index contributed by atoms with van der Waals surface area (Å²) >= 11 is 0. The third-order valence-corrected chi connectivity index (χ3v) is 4.99. The number of anilines is 1. The largest absolute Gasteiger partial charge is 0.351 e. The first-order chi connectivity index (χ1) is 13.0. The van der Waals surface area contributed by atoms with E-state index in [1.54, 1.807) is 24.3 Å². The second-order valence-corrected chi connectivity index (χ2v) is 7.02. The highest BCUT2D eigenvalue weighted by Gasteiger charge is 2.21. The number of primary amides is 1. The van der Waals surface area contributed by atoms with Crippen molar-refractivity contribution in [1.29, 1.82) is 0 Å². The van der Waals surface area contributed by atoms with E-state index < -0.39 is 6.03 Å². The lowest BCUT2D eigenvalue weighted by Crippen LogP contribution is -2.44. The van der Waals surface area contributed by atoms with Gasteiger partial charge in [0.05, 0.1) is 0 Å². The van der Waals surface area contributed by atoms with Gasteiger partial charge in [0.15, 0.2) is 0 Å². The normalized spacial score (nSPS) is 15.3. The Labute approximate surface area is 159 Å². The van der Waals surface area contributed by atoms with Crippen molar-refractivity contribution in [3.05, 3.63) is 65.2 Å². The van der Waals surface area contributed by atoms with Crippen LogP contribution in [0.25, 0.3) is 0 Å². The quantitative estimate of drug-likeness (QED) is 0.760. The van der Waals surface area contributed by atoms with Crippen molar-refractivity contribution in [2.75, 3.05) is 18.4 Å². The van der Waals surface area contributed by atoms with Crippen LogP contribution in [0.4, 0.5) is 10.5 Å². The third-order valence-electron chi connectivity index (χ3n) is 4.99. The van der Waals surface area contributed by atoms with Crippen LogP contribution in [0.3, 0.4) is 0 Å². The molecule has 0 atom stereocenters. The van der Waals surface area contributed by atoms with Gasteiger partial charge in [0.2, 0.25) is 0 Å². The zero-order valence-corrected chi connectivity index (χ0v) is 15.6. The van der Waals surface area contributed by atoms with Crippen molar-refractivity contribution in [3.63, 3.8) is 0 Å². The number of nitrogens with zero attached hydrogens (tertiary/aromatic N) is 1. The van der Waals surface area contributed by atoms with Gasteiger partial charge in [-0.2, -0.15) is 0 Å². The summed E-state index contributed by atoms with van der Waals surface area (Å²) in [6.45, 7) is 5.05. The van der Waals surface area contributed by atoms with Crippen LogP contribution in [0.2, 0.25) is 0 Å². The van der Waals surface area contributed by atoms with Crippen molar-refractivity contribution in [2.45, 2.75) is 32.4 Å². The minimum atomic E-state index is -0.621. The third kappa shape index (κ3) is 5.31. The van der Waals surface area contributed by atoms with Crippen LogP contribution in [0.15, 0.2) is 48.5 Å². The summed E-state index contributed by atoms with van der Waals surface area (Å²) < 4.78 is 0. The molecule has 27 heavy (non-hydrogen) atoms. The number of hydrogen-bond acceptors (Lipinski definition) is 3. The molecular weight excluding hydrogens is 340 g/mol. The summed E-state index contributed by atoms with van der Waals surface area (Å²) in [5.41, 5.74) is 8.92. The Morgan fingerprint density at radius 2 is 1.74 bits per heavy atom. The zero-order chi connectivity index (χ0) is 19.2. The fraction of sp³-hybridized carbons (Fsp3) is 0.333. The molecule has 4 N–H and O–H groups in total. The number of likely N-dealkylation sites (tertiary alicyclic amines) is 1. The molecule has 2 aromatic rings. The van der Waals surface area contributed by atoms with Crippen molar-refractivity contribution >= 4 is 17.6 Å². The average Bonchev–Trinajstić information content (AvgIpc) is 2.65. The van der Waals surface area contributed by atoms with Crippen LogP contribution in [-0.2, 0) is 6.54 Å². The summed E-state index contributed by atoms with van der Waals surface area (Å²) in [6.07, 6.45) is 1.89. The van der Waals surface area contributed by atoms with Crippen molar-refractivity contribution in [1.82, 2.24) is 10.2 Å². The van der Waals surface area contributed by atoms with Gasteiger partial charge in [-0.05, 0) is 55.2 Å². The molecule has 2 aromatic carbocycles. The maximum Gasteiger partial charge on any atom is 0.316 e. The maximum atomic E-state index is 12.4. The highest BCUT2D eigenvalue weighted by Crippen LogP contribution is 2.17. The van der Waals surface area contributed by atoms with Crippen LogP contribution >= 0.6 is 0 Å². The lowest BCUT2D eigenvalue weighted by atomic mass is 10.0. The first-order valence-corrected chi connectivity index (χ1v) is 9.25. The van der Waals surface area contributed by atoms with Gasteiger partial charge >= 0.3 is 6.03 Å². The van der Waals surface area contributed by atoms with Crippen molar-refractivity contribution < 1.29 is 9.59 Å². The SMILES string of the molecule is Cc1ccccc1CN1CCC(NC(=O)c2ccc(NC(N)=O)cc2)CC1. The van der Waals surface area contributed by atoms with Gasteiger partial charge in [0.1, 0.15) is 0 Å². The molecule has 0 radical (unpaired) electrons. The van der Waals surface area contributed by atoms with E-state index in [4.69, 9.17) is 5.73 Å². The molecule has 1 aliphatic heterocycles. The van der Waals surface area contributed by atoms with Gasteiger partial charge in [-0.1, -0.05) is 24.3 Å². The predicted octanol–water partition coefficient (Wildman–Crippen LogP) is 2.88. The molecule has 1 fully saturated rings. The molecule has 0 spiro atoms.